The van der Waals surface area contributed by atoms with Crippen molar-refractivity contribution in [3.63, 3.8) is 0 Å². The minimum absolute atomic E-state index is 0.0444. The van der Waals surface area contributed by atoms with Crippen molar-refractivity contribution in [2.45, 2.75) is 64.9 Å². The van der Waals surface area contributed by atoms with Crippen molar-refractivity contribution in [1.82, 2.24) is 0 Å². The van der Waals surface area contributed by atoms with E-state index in [0.717, 1.165) is 12.8 Å². The van der Waals surface area contributed by atoms with Crippen molar-refractivity contribution in [3.05, 3.63) is 0 Å². The zero-order valence-electron chi connectivity index (χ0n) is 11.0. The summed E-state index contributed by atoms with van der Waals surface area (Å²) in [6, 6.07) is 0. The van der Waals surface area contributed by atoms with E-state index in [4.69, 9.17) is 15.4 Å². The predicted octanol–water partition coefficient (Wildman–Crippen LogP) is 3.71. The van der Waals surface area contributed by atoms with Crippen molar-refractivity contribution in [2.24, 2.45) is 0 Å². The minimum Gasteiger partial charge on any atom is -0.379 e. The number of ether oxygens (including phenoxy) is 1. The second kappa shape index (κ2) is 10.2. The van der Waals surface area contributed by atoms with Crippen LogP contribution in [0.2, 0.25) is 0 Å². The number of halogens is 1. The van der Waals surface area contributed by atoms with Crippen LogP contribution in [0.25, 0.3) is 0 Å². The Kier molecular flexibility index (Phi) is 10.3. The van der Waals surface area contributed by atoms with E-state index in [1.807, 2.05) is 0 Å². The van der Waals surface area contributed by atoms with Gasteiger partial charge < -0.3 is 4.74 Å². The molecule has 0 aliphatic rings. The lowest BCUT2D eigenvalue weighted by atomic mass is 10.1. The zero-order valence-corrected chi connectivity index (χ0v) is 12.5. The Morgan fingerprint density at radius 2 is 1.82 bits per heavy atom. The van der Waals surface area contributed by atoms with Gasteiger partial charge in [0.05, 0.1) is 11.9 Å². The highest BCUT2D eigenvalue weighted by Crippen LogP contribution is 2.09. The van der Waals surface area contributed by atoms with Gasteiger partial charge >= 0.3 is 0 Å². The maximum Gasteiger partial charge on any atom is 0.232 e. The van der Waals surface area contributed by atoms with E-state index in [9.17, 15) is 8.42 Å². The normalized spacial score (nSPS) is 13.8. The fourth-order valence-electron chi connectivity index (χ4n) is 1.60. The lowest BCUT2D eigenvalue weighted by Crippen LogP contribution is -2.10. The molecule has 0 aromatic heterocycles. The first-order chi connectivity index (χ1) is 7.95. The van der Waals surface area contributed by atoms with E-state index in [1.165, 1.54) is 25.7 Å². The molecule has 1 atom stereocenters. The highest BCUT2D eigenvalue weighted by Gasteiger charge is 2.05. The highest BCUT2D eigenvalue weighted by molar-refractivity contribution is 8.13. The molecule has 0 aromatic carbocycles. The lowest BCUT2D eigenvalue weighted by molar-refractivity contribution is 0.0567. The number of hydrogen-bond donors (Lipinski definition) is 0. The number of hydrogen-bond acceptors (Lipinski definition) is 3. The van der Waals surface area contributed by atoms with Crippen molar-refractivity contribution in [1.29, 1.82) is 0 Å². The molecule has 0 saturated heterocycles. The average Bonchev–Trinajstić information content (AvgIpc) is 2.22. The van der Waals surface area contributed by atoms with Crippen LogP contribution < -0.4 is 0 Å². The predicted molar refractivity (Wildman–Crippen MR) is 73.0 cm³/mol. The number of unbranched alkanes of at least 4 members (excludes halogenated alkanes) is 4. The summed E-state index contributed by atoms with van der Waals surface area (Å²) >= 11 is 0. The van der Waals surface area contributed by atoms with Crippen molar-refractivity contribution >= 4 is 19.7 Å². The van der Waals surface area contributed by atoms with Crippen molar-refractivity contribution in [3.8, 4) is 0 Å². The van der Waals surface area contributed by atoms with Crippen molar-refractivity contribution < 1.29 is 13.2 Å². The number of rotatable bonds is 11. The van der Waals surface area contributed by atoms with Crippen LogP contribution in [0, 0.1) is 0 Å². The van der Waals surface area contributed by atoms with Gasteiger partial charge in [-0.05, 0) is 26.2 Å². The standard InChI is InChI=1S/C12H25ClO3S/c1-3-4-5-6-9-12(2)16-10-7-8-11-17(13,14)15/h12H,3-11H2,1-2H3. The molecule has 0 aliphatic carbocycles. The highest BCUT2D eigenvalue weighted by atomic mass is 35.7. The van der Waals surface area contributed by atoms with Crippen LogP contribution in [0.3, 0.4) is 0 Å². The molecule has 104 valence electrons. The van der Waals surface area contributed by atoms with Crippen molar-refractivity contribution in [2.75, 3.05) is 12.4 Å². The first kappa shape index (κ1) is 17.2. The molecule has 0 rings (SSSR count). The third-order valence-electron chi connectivity index (χ3n) is 2.65. The molecule has 0 heterocycles. The van der Waals surface area contributed by atoms with Gasteiger partial charge in [0.15, 0.2) is 0 Å². The third-order valence-corrected chi connectivity index (χ3v) is 3.89. The SMILES string of the molecule is CCCCCCC(C)OCCCCS(=O)(=O)Cl. The van der Waals surface area contributed by atoms with Crippen LogP contribution in [0.15, 0.2) is 0 Å². The molecule has 17 heavy (non-hydrogen) atoms. The summed E-state index contributed by atoms with van der Waals surface area (Å²) in [6.45, 7) is 4.90. The molecule has 1 unspecified atom stereocenters. The smallest absolute Gasteiger partial charge is 0.232 e. The van der Waals surface area contributed by atoms with Gasteiger partial charge in [0.2, 0.25) is 9.05 Å². The monoisotopic (exact) mass is 284 g/mol. The summed E-state index contributed by atoms with van der Waals surface area (Å²) in [5.41, 5.74) is 0. The van der Waals surface area contributed by atoms with Crippen LogP contribution in [-0.2, 0) is 13.8 Å². The molecule has 0 spiro atoms. The van der Waals surface area contributed by atoms with Crippen LogP contribution in [0.5, 0.6) is 0 Å². The molecule has 0 aromatic rings. The van der Waals surface area contributed by atoms with Gasteiger partial charge in [-0.3, -0.25) is 0 Å². The van der Waals surface area contributed by atoms with Crippen LogP contribution in [0.1, 0.15) is 58.8 Å². The molecule has 0 saturated carbocycles. The molecular weight excluding hydrogens is 260 g/mol. The lowest BCUT2D eigenvalue weighted by Gasteiger charge is -2.12. The Morgan fingerprint density at radius 1 is 1.12 bits per heavy atom. The summed E-state index contributed by atoms with van der Waals surface area (Å²) in [4.78, 5) is 0. The van der Waals surface area contributed by atoms with E-state index in [0.29, 0.717) is 13.0 Å². The Balaban J connectivity index is 3.30. The first-order valence-electron chi connectivity index (χ1n) is 6.49. The Bertz CT molecular complexity index is 265. The van der Waals surface area contributed by atoms with Gasteiger partial charge in [-0.15, -0.1) is 0 Å². The van der Waals surface area contributed by atoms with E-state index in [-0.39, 0.29) is 11.9 Å². The summed E-state index contributed by atoms with van der Waals surface area (Å²) in [7, 11) is 1.78. The van der Waals surface area contributed by atoms with Crippen LogP contribution in [-0.4, -0.2) is 26.9 Å². The summed E-state index contributed by atoms with van der Waals surface area (Å²) < 4.78 is 26.9. The summed E-state index contributed by atoms with van der Waals surface area (Å²) in [5, 5.41) is 0. The molecule has 0 fully saturated rings. The van der Waals surface area contributed by atoms with Gasteiger partial charge in [0.1, 0.15) is 0 Å². The second-order valence-corrected chi connectivity index (χ2v) is 7.38. The van der Waals surface area contributed by atoms with Gasteiger partial charge in [0, 0.05) is 17.3 Å². The second-order valence-electron chi connectivity index (χ2n) is 4.48. The Labute approximate surface area is 110 Å². The average molecular weight is 285 g/mol. The maximum atomic E-state index is 10.7. The topological polar surface area (TPSA) is 43.4 Å². The molecule has 0 aliphatic heterocycles. The molecule has 5 heteroatoms. The Morgan fingerprint density at radius 3 is 2.41 bits per heavy atom. The zero-order chi connectivity index (χ0) is 13.1. The van der Waals surface area contributed by atoms with Gasteiger partial charge in [0.25, 0.3) is 0 Å². The third kappa shape index (κ3) is 14.1. The van der Waals surface area contributed by atoms with Crippen LogP contribution >= 0.6 is 10.7 Å². The van der Waals surface area contributed by atoms with Gasteiger partial charge in [-0.1, -0.05) is 32.6 Å². The molecular formula is C12H25ClO3S. The minimum atomic E-state index is -3.33. The Hall–Kier alpha value is 0.200. The fourth-order valence-corrected chi connectivity index (χ4v) is 2.48. The molecule has 0 bridgehead atoms. The van der Waals surface area contributed by atoms with E-state index in [2.05, 4.69) is 13.8 Å². The van der Waals surface area contributed by atoms with E-state index in [1.54, 1.807) is 0 Å². The molecule has 0 radical (unpaired) electrons. The quantitative estimate of drug-likeness (QED) is 0.429. The van der Waals surface area contributed by atoms with E-state index >= 15 is 0 Å². The molecule has 0 amide bonds. The van der Waals surface area contributed by atoms with Crippen LogP contribution in [0.4, 0.5) is 0 Å². The maximum absolute atomic E-state index is 10.7. The summed E-state index contributed by atoms with van der Waals surface area (Å²) in [5.74, 6) is 0.0444. The largest absolute Gasteiger partial charge is 0.379 e. The summed E-state index contributed by atoms with van der Waals surface area (Å²) in [6.07, 6.45) is 7.73. The van der Waals surface area contributed by atoms with E-state index < -0.39 is 9.05 Å². The molecule has 0 N–H and O–H groups in total. The van der Waals surface area contributed by atoms with Gasteiger partial charge in [-0.2, -0.15) is 0 Å². The fraction of sp³-hybridized carbons (Fsp3) is 1.00. The first-order valence-corrected chi connectivity index (χ1v) is 8.97. The molecule has 3 nitrogen and oxygen atoms in total. The van der Waals surface area contributed by atoms with Gasteiger partial charge in [-0.25, -0.2) is 8.42 Å².